The maximum absolute atomic E-state index is 12.1. The van der Waals surface area contributed by atoms with E-state index in [1.807, 2.05) is 13.8 Å². The third kappa shape index (κ3) is 1.75. The molecule has 0 bridgehead atoms. The number of sulfonamides is 1. The summed E-state index contributed by atoms with van der Waals surface area (Å²) in [7, 11) is -3.49. The van der Waals surface area contributed by atoms with E-state index in [0.29, 0.717) is 6.42 Å². The average molecular weight is 241 g/mol. The zero-order valence-corrected chi connectivity index (χ0v) is 10.4. The first-order valence-corrected chi connectivity index (χ1v) is 6.65. The molecule has 0 spiro atoms. The summed E-state index contributed by atoms with van der Waals surface area (Å²) in [6.07, 6.45) is 0.637. The second kappa shape index (κ2) is 3.55. The van der Waals surface area contributed by atoms with Gasteiger partial charge in [0.05, 0.1) is 4.90 Å². The van der Waals surface area contributed by atoms with Crippen LogP contribution in [0.5, 0.6) is 0 Å². The largest absolute Gasteiger partial charge is 0.267 e. The highest BCUT2D eigenvalue weighted by Gasteiger charge is 2.57. The fourth-order valence-corrected chi connectivity index (χ4v) is 3.03. The van der Waals surface area contributed by atoms with Gasteiger partial charge < -0.3 is 0 Å². The Bertz CT molecular complexity index is 494. The molecule has 4 nitrogen and oxygen atoms in total. The summed E-state index contributed by atoms with van der Waals surface area (Å²) in [5.41, 5.74) is 0.368. The first-order chi connectivity index (χ1) is 7.40. The van der Waals surface area contributed by atoms with Crippen molar-refractivity contribution in [1.82, 2.24) is 4.47 Å². The molecule has 5 heteroatoms. The molecule has 1 saturated heterocycles. The Hall–Kier alpha value is -0.910. The van der Waals surface area contributed by atoms with Gasteiger partial charge in [0.15, 0.2) is 5.72 Å². The molecule has 1 aliphatic heterocycles. The third-order valence-corrected chi connectivity index (χ3v) is 4.59. The lowest BCUT2D eigenvalue weighted by molar-refractivity contribution is 0.257. The highest BCUT2D eigenvalue weighted by molar-refractivity contribution is 7.89. The molecule has 0 aliphatic carbocycles. The highest BCUT2D eigenvalue weighted by atomic mass is 32.2. The molecule has 0 amide bonds. The summed E-state index contributed by atoms with van der Waals surface area (Å²) in [6, 6.07) is 6.75. The lowest BCUT2D eigenvalue weighted by Crippen LogP contribution is -2.20. The van der Waals surface area contributed by atoms with Crippen LogP contribution < -0.4 is 0 Å². The third-order valence-electron chi connectivity index (χ3n) is 2.83. The maximum Gasteiger partial charge on any atom is 0.267 e. The summed E-state index contributed by atoms with van der Waals surface area (Å²) in [4.78, 5) is 5.42. The zero-order chi connectivity index (χ0) is 12.0. The molecule has 1 heterocycles. The van der Waals surface area contributed by atoms with Crippen LogP contribution in [-0.4, -0.2) is 18.6 Å². The lowest BCUT2D eigenvalue weighted by atomic mass is 10.2. The molecular weight excluding hydrogens is 226 g/mol. The van der Waals surface area contributed by atoms with Gasteiger partial charge >= 0.3 is 0 Å². The van der Waals surface area contributed by atoms with Gasteiger partial charge in [0.1, 0.15) is 0 Å². The van der Waals surface area contributed by atoms with Crippen molar-refractivity contribution in [2.75, 3.05) is 0 Å². The fraction of sp³-hybridized carbons (Fsp3) is 0.455. The van der Waals surface area contributed by atoms with Crippen LogP contribution in [0.4, 0.5) is 0 Å². The van der Waals surface area contributed by atoms with Crippen molar-refractivity contribution in [3.63, 3.8) is 0 Å². The van der Waals surface area contributed by atoms with Gasteiger partial charge in [0.25, 0.3) is 10.0 Å². The SMILES string of the molecule is CCC1(C)ON1S(=O)(=O)c1ccc(C)cc1. The number of hydrogen-bond donors (Lipinski definition) is 0. The van der Waals surface area contributed by atoms with E-state index in [4.69, 9.17) is 4.84 Å². The minimum atomic E-state index is -3.49. The Labute approximate surface area is 95.8 Å². The van der Waals surface area contributed by atoms with Crippen molar-refractivity contribution in [1.29, 1.82) is 0 Å². The quantitative estimate of drug-likeness (QED) is 0.761. The van der Waals surface area contributed by atoms with Crippen LogP contribution in [0.2, 0.25) is 0 Å². The molecule has 2 rings (SSSR count). The van der Waals surface area contributed by atoms with Gasteiger partial charge in [0.2, 0.25) is 0 Å². The maximum atomic E-state index is 12.1. The molecule has 1 aromatic rings. The molecule has 0 aromatic heterocycles. The summed E-state index contributed by atoms with van der Waals surface area (Å²) in [6.45, 7) is 5.57. The molecular formula is C11H15NO3S. The van der Waals surface area contributed by atoms with Gasteiger partial charge in [-0.2, -0.15) is 0 Å². The van der Waals surface area contributed by atoms with Crippen LogP contribution in [0.1, 0.15) is 25.8 Å². The minimum Gasteiger partial charge on any atom is -0.256 e. The van der Waals surface area contributed by atoms with Crippen molar-refractivity contribution in [3.05, 3.63) is 29.8 Å². The van der Waals surface area contributed by atoms with Crippen LogP contribution >= 0.6 is 0 Å². The molecule has 1 aromatic carbocycles. The number of hydroxylamine groups is 1. The van der Waals surface area contributed by atoms with E-state index < -0.39 is 15.7 Å². The van der Waals surface area contributed by atoms with E-state index >= 15 is 0 Å². The number of nitrogens with zero attached hydrogens (tertiary/aromatic N) is 1. The van der Waals surface area contributed by atoms with E-state index in [1.165, 1.54) is 0 Å². The monoisotopic (exact) mass is 241 g/mol. The van der Waals surface area contributed by atoms with Crippen molar-refractivity contribution in [2.45, 2.75) is 37.8 Å². The van der Waals surface area contributed by atoms with Crippen LogP contribution in [-0.2, 0) is 14.9 Å². The molecule has 0 N–H and O–H groups in total. The molecule has 1 fully saturated rings. The smallest absolute Gasteiger partial charge is 0.256 e. The van der Waals surface area contributed by atoms with Crippen molar-refractivity contribution in [2.24, 2.45) is 0 Å². The standard InChI is InChI=1S/C11H15NO3S/c1-4-11(3)12(15-11)16(13,14)10-7-5-9(2)6-8-10/h5-8H,4H2,1-3H3. The minimum absolute atomic E-state index is 0.273. The van der Waals surface area contributed by atoms with Crippen LogP contribution in [0.15, 0.2) is 29.2 Å². The molecule has 88 valence electrons. The van der Waals surface area contributed by atoms with Gasteiger partial charge in [-0.15, -0.1) is 0 Å². The molecule has 2 unspecified atom stereocenters. The van der Waals surface area contributed by atoms with Crippen molar-refractivity contribution < 1.29 is 13.3 Å². The predicted molar refractivity (Wildman–Crippen MR) is 60.0 cm³/mol. The van der Waals surface area contributed by atoms with Gasteiger partial charge in [-0.25, -0.2) is 8.42 Å². The Morgan fingerprint density at radius 2 is 1.88 bits per heavy atom. The van der Waals surface area contributed by atoms with Crippen LogP contribution in [0.3, 0.4) is 0 Å². The second-order valence-corrected chi connectivity index (χ2v) is 5.92. The first-order valence-electron chi connectivity index (χ1n) is 5.21. The van der Waals surface area contributed by atoms with Gasteiger partial charge in [0, 0.05) is 0 Å². The van der Waals surface area contributed by atoms with Crippen LogP contribution in [0, 0.1) is 6.92 Å². The van der Waals surface area contributed by atoms with E-state index in [9.17, 15) is 8.42 Å². The van der Waals surface area contributed by atoms with Gasteiger partial charge in [-0.1, -0.05) is 24.6 Å². The summed E-state index contributed by atoms with van der Waals surface area (Å²) >= 11 is 0. The highest BCUT2D eigenvalue weighted by Crippen LogP contribution is 2.42. The number of aryl methyl sites for hydroxylation is 1. The molecule has 0 radical (unpaired) electrons. The van der Waals surface area contributed by atoms with E-state index in [2.05, 4.69) is 0 Å². The van der Waals surface area contributed by atoms with Gasteiger partial charge in [-0.05, 0) is 36.9 Å². The summed E-state index contributed by atoms with van der Waals surface area (Å²) in [5, 5.41) is 0. The van der Waals surface area contributed by atoms with Crippen LogP contribution in [0.25, 0.3) is 0 Å². The zero-order valence-electron chi connectivity index (χ0n) is 9.60. The first kappa shape index (κ1) is 11.6. The second-order valence-electron chi connectivity index (χ2n) is 4.17. The van der Waals surface area contributed by atoms with E-state index in [0.717, 1.165) is 10.0 Å². The van der Waals surface area contributed by atoms with E-state index in [-0.39, 0.29) is 4.90 Å². The Morgan fingerprint density at radius 3 is 2.31 bits per heavy atom. The normalized spacial score (nSPS) is 29.1. The lowest BCUT2D eigenvalue weighted by Gasteiger charge is -2.05. The molecule has 2 atom stereocenters. The van der Waals surface area contributed by atoms with E-state index in [1.54, 1.807) is 31.2 Å². The van der Waals surface area contributed by atoms with Gasteiger partial charge in [-0.3, -0.25) is 4.84 Å². The number of hydrogen-bond acceptors (Lipinski definition) is 3. The fourth-order valence-electron chi connectivity index (χ4n) is 1.46. The summed E-state index contributed by atoms with van der Waals surface area (Å²) in [5.74, 6) is 0. The van der Waals surface area contributed by atoms with Crippen molar-refractivity contribution >= 4 is 10.0 Å². The molecule has 16 heavy (non-hydrogen) atoms. The Morgan fingerprint density at radius 1 is 1.31 bits per heavy atom. The summed E-state index contributed by atoms with van der Waals surface area (Å²) < 4.78 is 25.2. The van der Waals surface area contributed by atoms with Crippen molar-refractivity contribution in [3.8, 4) is 0 Å². The number of benzene rings is 1. The molecule has 1 aliphatic rings. The number of rotatable bonds is 3. The topological polar surface area (TPSA) is 49.7 Å². The predicted octanol–water partition coefficient (Wildman–Crippen LogP) is 2.06. The Balaban J connectivity index is 2.31. The Kier molecular flexibility index (Phi) is 2.57. The average Bonchev–Trinajstić information content (AvgIpc) is 2.93. The molecule has 0 saturated carbocycles.